The number of hydrogen-bond donors (Lipinski definition) is 0. The summed E-state index contributed by atoms with van der Waals surface area (Å²) in [6.45, 7) is 7.85. The Balaban J connectivity index is 1.50. The van der Waals surface area contributed by atoms with Crippen LogP contribution in [0, 0.1) is 13.8 Å². The standard InChI is InChI=1S/C17H19N5S/c1-12-11-16(19-13(2)18-12)21-7-9-22(10-8-21)17-20-14-5-3-4-6-15(14)23-17/h3-6,11H,7-10H2,1-2H3. The van der Waals surface area contributed by atoms with Crippen molar-refractivity contribution in [3.05, 3.63) is 41.9 Å². The lowest BCUT2D eigenvalue weighted by Crippen LogP contribution is -2.46. The molecule has 0 atom stereocenters. The van der Waals surface area contributed by atoms with E-state index in [-0.39, 0.29) is 0 Å². The zero-order chi connectivity index (χ0) is 15.8. The van der Waals surface area contributed by atoms with E-state index < -0.39 is 0 Å². The highest BCUT2D eigenvalue weighted by molar-refractivity contribution is 7.22. The first kappa shape index (κ1) is 14.4. The minimum absolute atomic E-state index is 0.841. The number of fused-ring (bicyclic) bond motifs is 1. The van der Waals surface area contributed by atoms with Crippen LogP contribution in [0.1, 0.15) is 11.5 Å². The molecule has 0 spiro atoms. The van der Waals surface area contributed by atoms with Gasteiger partial charge < -0.3 is 9.80 Å². The Hall–Kier alpha value is -2.21. The lowest BCUT2D eigenvalue weighted by molar-refractivity contribution is 0.644. The summed E-state index contributed by atoms with van der Waals surface area (Å²) in [7, 11) is 0. The van der Waals surface area contributed by atoms with E-state index in [4.69, 9.17) is 4.98 Å². The molecule has 2 aromatic heterocycles. The Labute approximate surface area is 139 Å². The van der Waals surface area contributed by atoms with E-state index >= 15 is 0 Å². The lowest BCUT2D eigenvalue weighted by atomic mass is 10.3. The number of para-hydroxylation sites is 1. The van der Waals surface area contributed by atoms with Crippen molar-refractivity contribution in [3.8, 4) is 0 Å². The molecule has 0 bridgehead atoms. The highest BCUT2D eigenvalue weighted by Crippen LogP contribution is 2.29. The van der Waals surface area contributed by atoms with Gasteiger partial charge in [0.25, 0.3) is 0 Å². The molecule has 118 valence electrons. The van der Waals surface area contributed by atoms with Gasteiger partial charge in [-0.15, -0.1) is 0 Å². The molecule has 3 aromatic rings. The van der Waals surface area contributed by atoms with Crippen molar-refractivity contribution in [2.45, 2.75) is 13.8 Å². The summed E-state index contributed by atoms with van der Waals surface area (Å²) in [5.41, 5.74) is 2.12. The number of benzene rings is 1. The van der Waals surface area contributed by atoms with Crippen LogP contribution in [0.5, 0.6) is 0 Å². The van der Waals surface area contributed by atoms with Crippen LogP contribution < -0.4 is 9.80 Å². The average molecular weight is 325 g/mol. The number of nitrogens with zero attached hydrogens (tertiary/aromatic N) is 5. The summed E-state index contributed by atoms with van der Waals surface area (Å²) < 4.78 is 1.26. The molecule has 23 heavy (non-hydrogen) atoms. The van der Waals surface area contributed by atoms with Crippen LogP contribution >= 0.6 is 11.3 Å². The maximum Gasteiger partial charge on any atom is 0.186 e. The monoisotopic (exact) mass is 325 g/mol. The van der Waals surface area contributed by atoms with Gasteiger partial charge in [0.2, 0.25) is 0 Å². The summed E-state index contributed by atoms with van der Waals surface area (Å²) in [5.74, 6) is 1.88. The molecule has 0 amide bonds. The summed E-state index contributed by atoms with van der Waals surface area (Å²) in [6.07, 6.45) is 0. The van der Waals surface area contributed by atoms with E-state index in [1.54, 1.807) is 11.3 Å². The first-order valence-corrected chi connectivity index (χ1v) is 8.68. The first-order valence-electron chi connectivity index (χ1n) is 7.87. The predicted octanol–water partition coefficient (Wildman–Crippen LogP) is 3.03. The van der Waals surface area contributed by atoms with Gasteiger partial charge in [0.1, 0.15) is 11.6 Å². The van der Waals surface area contributed by atoms with E-state index in [9.17, 15) is 0 Å². The summed E-state index contributed by atoms with van der Waals surface area (Å²) in [5, 5.41) is 1.13. The molecule has 6 heteroatoms. The van der Waals surface area contributed by atoms with Crippen LogP contribution in [-0.4, -0.2) is 41.1 Å². The van der Waals surface area contributed by atoms with Crippen molar-refractivity contribution in [2.75, 3.05) is 36.0 Å². The Morgan fingerprint density at radius 3 is 2.39 bits per heavy atom. The molecule has 0 unspecified atom stereocenters. The number of aryl methyl sites for hydroxylation is 2. The molecule has 1 aromatic carbocycles. The normalized spacial score (nSPS) is 15.4. The van der Waals surface area contributed by atoms with Crippen LogP contribution in [0.15, 0.2) is 30.3 Å². The molecule has 4 rings (SSSR count). The third-order valence-electron chi connectivity index (χ3n) is 4.11. The van der Waals surface area contributed by atoms with Crippen LogP contribution in [0.25, 0.3) is 10.2 Å². The fraction of sp³-hybridized carbons (Fsp3) is 0.353. The third-order valence-corrected chi connectivity index (χ3v) is 5.21. The van der Waals surface area contributed by atoms with Crippen LogP contribution in [-0.2, 0) is 0 Å². The molecule has 1 fully saturated rings. The van der Waals surface area contributed by atoms with Crippen LogP contribution in [0.2, 0.25) is 0 Å². The van der Waals surface area contributed by atoms with E-state index in [1.165, 1.54) is 4.70 Å². The zero-order valence-electron chi connectivity index (χ0n) is 13.4. The van der Waals surface area contributed by atoms with Gasteiger partial charge in [-0.2, -0.15) is 0 Å². The maximum atomic E-state index is 4.76. The fourth-order valence-corrected chi connectivity index (χ4v) is 4.00. The fourth-order valence-electron chi connectivity index (χ4n) is 2.98. The van der Waals surface area contributed by atoms with Gasteiger partial charge in [-0.1, -0.05) is 23.5 Å². The van der Waals surface area contributed by atoms with Crippen molar-refractivity contribution in [3.63, 3.8) is 0 Å². The van der Waals surface area contributed by atoms with Crippen molar-refractivity contribution in [2.24, 2.45) is 0 Å². The van der Waals surface area contributed by atoms with E-state index in [2.05, 4.69) is 44.0 Å². The van der Waals surface area contributed by atoms with E-state index in [0.717, 1.165) is 54.2 Å². The number of hydrogen-bond acceptors (Lipinski definition) is 6. The van der Waals surface area contributed by atoms with Crippen molar-refractivity contribution >= 4 is 32.5 Å². The number of anilines is 2. The Kier molecular flexibility index (Phi) is 3.61. The van der Waals surface area contributed by atoms with Gasteiger partial charge in [0, 0.05) is 37.9 Å². The predicted molar refractivity (Wildman–Crippen MR) is 95.6 cm³/mol. The number of aromatic nitrogens is 3. The third kappa shape index (κ3) is 2.86. The van der Waals surface area contributed by atoms with Crippen LogP contribution in [0.4, 0.5) is 10.9 Å². The highest BCUT2D eigenvalue weighted by atomic mass is 32.1. The summed E-state index contributed by atoms with van der Waals surface area (Å²) >= 11 is 1.78. The molecule has 1 aliphatic heterocycles. The second-order valence-electron chi connectivity index (χ2n) is 5.85. The molecule has 1 aliphatic rings. The number of rotatable bonds is 2. The lowest BCUT2D eigenvalue weighted by Gasteiger charge is -2.35. The quantitative estimate of drug-likeness (QED) is 0.725. The zero-order valence-corrected chi connectivity index (χ0v) is 14.2. The van der Waals surface area contributed by atoms with Gasteiger partial charge in [-0.25, -0.2) is 15.0 Å². The van der Waals surface area contributed by atoms with Gasteiger partial charge >= 0.3 is 0 Å². The highest BCUT2D eigenvalue weighted by Gasteiger charge is 2.21. The smallest absolute Gasteiger partial charge is 0.186 e. The summed E-state index contributed by atoms with van der Waals surface area (Å²) in [4.78, 5) is 18.4. The van der Waals surface area contributed by atoms with Crippen molar-refractivity contribution in [1.29, 1.82) is 0 Å². The summed E-state index contributed by atoms with van der Waals surface area (Å²) in [6, 6.07) is 10.4. The average Bonchev–Trinajstić information content (AvgIpc) is 2.98. The topological polar surface area (TPSA) is 45.2 Å². The van der Waals surface area contributed by atoms with Gasteiger partial charge in [0.05, 0.1) is 10.2 Å². The Bertz CT molecular complexity index is 783. The van der Waals surface area contributed by atoms with Crippen molar-refractivity contribution < 1.29 is 0 Å². The first-order chi connectivity index (χ1) is 11.2. The maximum absolute atomic E-state index is 4.76. The Morgan fingerprint density at radius 2 is 1.65 bits per heavy atom. The number of thiazole rings is 1. The largest absolute Gasteiger partial charge is 0.353 e. The molecular formula is C17H19N5S. The minimum Gasteiger partial charge on any atom is -0.353 e. The molecule has 0 radical (unpaired) electrons. The SMILES string of the molecule is Cc1cc(N2CCN(c3nc4ccccc4s3)CC2)nc(C)n1. The molecule has 1 saturated heterocycles. The minimum atomic E-state index is 0.841. The molecule has 0 saturated carbocycles. The molecule has 3 heterocycles. The Morgan fingerprint density at radius 1 is 0.913 bits per heavy atom. The van der Waals surface area contributed by atoms with Crippen LogP contribution in [0.3, 0.4) is 0 Å². The molecule has 5 nitrogen and oxygen atoms in total. The second-order valence-corrected chi connectivity index (χ2v) is 6.86. The van der Waals surface area contributed by atoms with Gasteiger partial charge in [-0.3, -0.25) is 0 Å². The van der Waals surface area contributed by atoms with Gasteiger partial charge in [-0.05, 0) is 26.0 Å². The van der Waals surface area contributed by atoms with E-state index in [0.29, 0.717) is 0 Å². The molecular weight excluding hydrogens is 306 g/mol. The second kappa shape index (κ2) is 5.77. The van der Waals surface area contributed by atoms with Gasteiger partial charge in [0.15, 0.2) is 5.13 Å². The molecule has 0 aliphatic carbocycles. The molecule has 0 N–H and O–H groups in total. The van der Waals surface area contributed by atoms with Crippen molar-refractivity contribution in [1.82, 2.24) is 15.0 Å². The van der Waals surface area contributed by atoms with E-state index in [1.807, 2.05) is 19.9 Å². The number of piperazine rings is 1.